The summed E-state index contributed by atoms with van der Waals surface area (Å²) in [6.45, 7) is 2.69. The number of anilines is 1. The highest BCUT2D eigenvalue weighted by molar-refractivity contribution is 6.13. The lowest BCUT2D eigenvalue weighted by Crippen LogP contribution is -2.49. The second kappa shape index (κ2) is 6.49. The SMILES string of the molecule is CCC1CCCCN1C(=O)C1(C(=O)Nc2c(F)cccc2F)CC1. The summed E-state index contributed by atoms with van der Waals surface area (Å²) in [7, 11) is 0. The first-order valence-electron chi connectivity index (χ1n) is 8.56. The van der Waals surface area contributed by atoms with Crippen LogP contribution in [-0.2, 0) is 9.59 Å². The zero-order valence-corrected chi connectivity index (χ0v) is 13.8. The topological polar surface area (TPSA) is 49.4 Å². The van der Waals surface area contributed by atoms with Crippen LogP contribution in [0.15, 0.2) is 18.2 Å². The van der Waals surface area contributed by atoms with Gasteiger partial charge in [0.1, 0.15) is 22.7 Å². The van der Waals surface area contributed by atoms with E-state index >= 15 is 0 Å². The number of amides is 2. The van der Waals surface area contributed by atoms with Crippen LogP contribution in [-0.4, -0.2) is 29.3 Å². The number of rotatable bonds is 4. The van der Waals surface area contributed by atoms with E-state index in [2.05, 4.69) is 5.32 Å². The lowest BCUT2D eigenvalue weighted by molar-refractivity contribution is -0.145. The number of nitrogens with zero attached hydrogens (tertiary/aromatic N) is 1. The highest BCUT2D eigenvalue weighted by Crippen LogP contribution is 2.49. The van der Waals surface area contributed by atoms with Crippen LogP contribution in [0.25, 0.3) is 0 Å². The third kappa shape index (κ3) is 2.89. The summed E-state index contributed by atoms with van der Waals surface area (Å²) in [5.74, 6) is -2.47. The lowest BCUT2D eigenvalue weighted by Gasteiger charge is -2.37. The van der Waals surface area contributed by atoms with Crippen LogP contribution < -0.4 is 5.32 Å². The molecular weight excluding hydrogens is 314 g/mol. The molecule has 2 fully saturated rings. The van der Waals surface area contributed by atoms with Crippen molar-refractivity contribution in [1.29, 1.82) is 0 Å². The van der Waals surface area contributed by atoms with Gasteiger partial charge in [-0.15, -0.1) is 0 Å². The van der Waals surface area contributed by atoms with Crippen LogP contribution in [0.1, 0.15) is 45.4 Å². The number of piperidine rings is 1. The Kier molecular flexibility index (Phi) is 4.56. The highest BCUT2D eigenvalue weighted by Gasteiger charge is 2.58. The molecule has 0 bridgehead atoms. The summed E-state index contributed by atoms with van der Waals surface area (Å²) in [4.78, 5) is 27.3. The van der Waals surface area contributed by atoms with E-state index in [1.807, 2.05) is 6.92 Å². The van der Waals surface area contributed by atoms with E-state index in [1.54, 1.807) is 4.90 Å². The van der Waals surface area contributed by atoms with Gasteiger partial charge < -0.3 is 10.2 Å². The minimum Gasteiger partial charge on any atom is -0.339 e. The first kappa shape index (κ1) is 16.9. The fourth-order valence-corrected chi connectivity index (χ4v) is 3.48. The van der Waals surface area contributed by atoms with Crippen molar-refractivity contribution in [1.82, 2.24) is 4.90 Å². The fraction of sp³-hybridized carbons (Fsp3) is 0.556. The first-order chi connectivity index (χ1) is 11.5. The normalized spacial score (nSPS) is 22.1. The number of halogens is 2. The van der Waals surface area contributed by atoms with Crippen molar-refractivity contribution in [2.24, 2.45) is 5.41 Å². The number of carbonyl (C=O) groups excluding carboxylic acids is 2. The van der Waals surface area contributed by atoms with Crippen molar-refractivity contribution in [3.8, 4) is 0 Å². The van der Waals surface area contributed by atoms with E-state index in [0.29, 0.717) is 19.4 Å². The van der Waals surface area contributed by atoms with Crippen molar-refractivity contribution >= 4 is 17.5 Å². The van der Waals surface area contributed by atoms with E-state index in [0.717, 1.165) is 37.8 Å². The van der Waals surface area contributed by atoms with Crippen LogP contribution >= 0.6 is 0 Å². The predicted octanol–water partition coefficient (Wildman–Crippen LogP) is 3.47. The number of nitrogens with one attached hydrogen (secondary N) is 1. The van der Waals surface area contributed by atoms with Crippen LogP contribution in [0.2, 0.25) is 0 Å². The molecule has 0 radical (unpaired) electrons. The van der Waals surface area contributed by atoms with Crippen molar-refractivity contribution in [3.63, 3.8) is 0 Å². The molecule has 1 heterocycles. The monoisotopic (exact) mass is 336 g/mol. The third-order valence-corrected chi connectivity index (χ3v) is 5.15. The van der Waals surface area contributed by atoms with E-state index in [1.165, 1.54) is 6.07 Å². The molecule has 1 aliphatic carbocycles. The molecule has 3 rings (SSSR count). The molecule has 1 saturated carbocycles. The summed E-state index contributed by atoms with van der Waals surface area (Å²) in [6.07, 6.45) is 4.68. The van der Waals surface area contributed by atoms with Gasteiger partial charge in [0.2, 0.25) is 11.8 Å². The molecule has 0 spiro atoms. The molecule has 130 valence electrons. The second-order valence-corrected chi connectivity index (χ2v) is 6.69. The summed E-state index contributed by atoms with van der Waals surface area (Å²) in [6, 6.07) is 3.55. The molecule has 24 heavy (non-hydrogen) atoms. The Morgan fingerprint density at radius 3 is 2.50 bits per heavy atom. The molecule has 1 N–H and O–H groups in total. The predicted molar refractivity (Wildman–Crippen MR) is 86.3 cm³/mol. The van der Waals surface area contributed by atoms with Crippen LogP contribution in [0.3, 0.4) is 0 Å². The van der Waals surface area contributed by atoms with Gasteiger partial charge in [0, 0.05) is 12.6 Å². The first-order valence-corrected chi connectivity index (χ1v) is 8.56. The molecule has 2 aliphatic rings. The highest BCUT2D eigenvalue weighted by atomic mass is 19.1. The third-order valence-electron chi connectivity index (χ3n) is 5.15. The number of para-hydroxylation sites is 1. The van der Waals surface area contributed by atoms with Crippen molar-refractivity contribution in [3.05, 3.63) is 29.8 Å². The summed E-state index contributed by atoms with van der Waals surface area (Å²) in [5, 5.41) is 2.30. The smallest absolute Gasteiger partial charge is 0.240 e. The molecule has 1 unspecified atom stereocenters. The van der Waals surface area contributed by atoms with Crippen LogP contribution in [0.5, 0.6) is 0 Å². The van der Waals surface area contributed by atoms with E-state index in [9.17, 15) is 18.4 Å². The van der Waals surface area contributed by atoms with Gasteiger partial charge in [0.15, 0.2) is 0 Å². The summed E-state index contributed by atoms with van der Waals surface area (Å²) in [5.41, 5.74) is -1.63. The van der Waals surface area contributed by atoms with Gasteiger partial charge in [-0.25, -0.2) is 8.78 Å². The van der Waals surface area contributed by atoms with Gasteiger partial charge in [0.25, 0.3) is 0 Å². The molecule has 1 saturated heterocycles. The number of likely N-dealkylation sites (tertiary alicyclic amines) is 1. The fourth-order valence-electron chi connectivity index (χ4n) is 3.48. The van der Waals surface area contributed by atoms with Gasteiger partial charge >= 0.3 is 0 Å². The van der Waals surface area contributed by atoms with Crippen molar-refractivity contribution < 1.29 is 18.4 Å². The van der Waals surface area contributed by atoms with Crippen molar-refractivity contribution in [2.45, 2.75) is 51.5 Å². The Morgan fingerprint density at radius 1 is 1.25 bits per heavy atom. The quantitative estimate of drug-likeness (QED) is 0.856. The molecule has 4 nitrogen and oxygen atoms in total. The maximum Gasteiger partial charge on any atom is 0.240 e. The van der Waals surface area contributed by atoms with Gasteiger partial charge in [-0.05, 0) is 50.7 Å². The van der Waals surface area contributed by atoms with Gasteiger partial charge in [-0.2, -0.15) is 0 Å². The van der Waals surface area contributed by atoms with Crippen LogP contribution in [0, 0.1) is 17.0 Å². The number of benzene rings is 1. The number of carbonyl (C=O) groups is 2. The van der Waals surface area contributed by atoms with E-state index in [4.69, 9.17) is 0 Å². The number of hydrogen-bond acceptors (Lipinski definition) is 2. The Labute approximate surface area is 140 Å². The van der Waals surface area contributed by atoms with Gasteiger partial charge in [-0.3, -0.25) is 9.59 Å². The standard InChI is InChI=1S/C18H22F2N2O2/c1-2-12-6-3-4-11-22(12)17(24)18(9-10-18)16(23)21-15-13(19)7-5-8-14(15)20/h5,7-8,12H,2-4,6,9-11H2,1H3,(H,21,23). The average Bonchev–Trinajstić information content (AvgIpc) is 3.39. The zero-order chi connectivity index (χ0) is 17.3. The van der Waals surface area contributed by atoms with Crippen molar-refractivity contribution in [2.75, 3.05) is 11.9 Å². The minimum atomic E-state index is -1.15. The van der Waals surface area contributed by atoms with E-state index < -0.39 is 28.6 Å². The minimum absolute atomic E-state index is 0.154. The average molecular weight is 336 g/mol. The van der Waals surface area contributed by atoms with Gasteiger partial charge in [-0.1, -0.05) is 13.0 Å². The summed E-state index contributed by atoms with van der Waals surface area (Å²) >= 11 is 0. The lowest BCUT2D eigenvalue weighted by atomic mass is 9.95. The molecule has 1 aromatic rings. The maximum absolute atomic E-state index is 13.7. The van der Waals surface area contributed by atoms with E-state index in [-0.39, 0.29) is 11.9 Å². The Hall–Kier alpha value is -1.98. The zero-order valence-electron chi connectivity index (χ0n) is 13.8. The largest absolute Gasteiger partial charge is 0.339 e. The molecule has 2 amide bonds. The molecule has 0 aromatic heterocycles. The molecule has 1 aromatic carbocycles. The van der Waals surface area contributed by atoms with Gasteiger partial charge in [0.05, 0.1) is 0 Å². The summed E-state index contributed by atoms with van der Waals surface area (Å²) < 4.78 is 27.5. The second-order valence-electron chi connectivity index (χ2n) is 6.69. The molecule has 1 atom stereocenters. The Bertz CT molecular complexity index is 638. The molecule has 1 aliphatic heterocycles. The molecular formula is C18H22F2N2O2. The molecule has 6 heteroatoms. The number of hydrogen-bond donors (Lipinski definition) is 1. The Balaban J connectivity index is 1.78. The Morgan fingerprint density at radius 2 is 1.92 bits per heavy atom. The maximum atomic E-state index is 13.7. The van der Waals surface area contributed by atoms with Crippen LogP contribution in [0.4, 0.5) is 14.5 Å².